The van der Waals surface area contributed by atoms with Crippen LogP contribution in [0.5, 0.6) is 5.75 Å². The molecule has 5 aromatic rings. The average molecular weight is 481 g/mol. The van der Waals surface area contributed by atoms with E-state index in [0.717, 1.165) is 27.6 Å². The van der Waals surface area contributed by atoms with Crippen molar-refractivity contribution >= 4 is 34.1 Å². The second kappa shape index (κ2) is 9.67. The number of carbonyl (C=O) groups is 1. The van der Waals surface area contributed by atoms with Gasteiger partial charge in [-0.1, -0.05) is 42.0 Å². The smallest absolute Gasteiger partial charge is 0.324 e. The number of amides is 2. The largest absolute Gasteiger partial charge is 0.488 e. The number of nitrogens with zero attached hydrogens (tertiary/aromatic N) is 2. The molecular weight excluding hydrogens is 456 g/mol. The number of aromatic nitrogens is 3. The van der Waals surface area contributed by atoms with E-state index in [1.54, 1.807) is 24.4 Å². The van der Waals surface area contributed by atoms with E-state index < -0.39 is 6.03 Å². The van der Waals surface area contributed by atoms with Gasteiger partial charge in [0.2, 0.25) is 0 Å². The molecule has 2 aromatic heterocycles. The van der Waals surface area contributed by atoms with Gasteiger partial charge in [0.15, 0.2) is 0 Å². The lowest BCUT2D eigenvalue weighted by atomic mass is 10.1. The Balaban J connectivity index is 1.36. The van der Waals surface area contributed by atoms with Crippen molar-refractivity contribution in [1.29, 1.82) is 0 Å². The average Bonchev–Trinajstić information content (AvgIpc) is 3.23. The molecule has 0 aliphatic heterocycles. The molecule has 0 atom stereocenters. The number of benzene rings is 3. The molecule has 9 heteroatoms. The number of urea groups is 1. The Morgan fingerprint density at radius 1 is 1.00 bits per heavy atom. The molecule has 0 saturated carbocycles. The van der Waals surface area contributed by atoms with E-state index in [1.807, 2.05) is 61.5 Å². The minimum atomic E-state index is -0.485. The quantitative estimate of drug-likeness (QED) is 0.277. The summed E-state index contributed by atoms with van der Waals surface area (Å²) in [4.78, 5) is 28.9. The fraction of sp³-hybridized carbons (Fsp3) is 0.0741. The minimum absolute atomic E-state index is 0.322. The number of aromatic amines is 1. The van der Waals surface area contributed by atoms with Gasteiger partial charge in [0, 0.05) is 23.0 Å². The lowest BCUT2D eigenvalue weighted by molar-refractivity contribution is 0.262. The van der Waals surface area contributed by atoms with E-state index in [-0.39, 0.29) is 5.56 Å². The zero-order valence-electron chi connectivity index (χ0n) is 19.5. The molecule has 180 valence electrons. The predicted molar refractivity (Wildman–Crippen MR) is 141 cm³/mol. The van der Waals surface area contributed by atoms with Crippen LogP contribution in [0.2, 0.25) is 0 Å². The molecule has 0 spiro atoms. The predicted octanol–water partition coefficient (Wildman–Crippen LogP) is 4.83. The van der Waals surface area contributed by atoms with Crippen LogP contribution < -0.4 is 26.7 Å². The molecule has 9 nitrogen and oxygen atoms in total. The van der Waals surface area contributed by atoms with Crippen molar-refractivity contribution in [1.82, 2.24) is 14.8 Å². The van der Waals surface area contributed by atoms with Gasteiger partial charge >= 0.3 is 6.03 Å². The number of H-pyrrole nitrogens is 1. The maximum absolute atomic E-state index is 12.9. The van der Waals surface area contributed by atoms with Crippen LogP contribution in [-0.4, -0.2) is 20.8 Å². The molecule has 0 fully saturated rings. The van der Waals surface area contributed by atoms with Crippen molar-refractivity contribution in [3.05, 3.63) is 107 Å². The fourth-order valence-corrected chi connectivity index (χ4v) is 3.90. The molecule has 0 aliphatic rings. The molecule has 36 heavy (non-hydrogen) atoms. The molecule has 2 heterocycles. The monoisotopic (exact) mass is 480 g/mol. The first-order valence-corrected chi connectivity index (χ1v) is 11.3. The summed E-state index contributed by atoms with van der Waals surface area (Å²) in [5.41, 5.74) is 8.74. The topological polar surface area (TPSA) is 127 Å². The molecule has 0 aliphatic carbocycles. The standard InChI is InChI=1S/C27H24N6O3/c1-17-6-8-19(9-7-17)33-25(15-26(34)32-33)31-27(35)30-22-10-11-23(21-5-3-2-4-20(21)22)36-16-18-12-13-29-24(28)14-18/h2-15H,16H2,1H3,(H2,28,29)(H,32,34)(H2,30,31,35). The van der Waals surface area contributed by atoms with E-state index in [9.17, 15) is 9.59 Å². The van der Waals surface area contributed by atoms with Gasteiger partial charge in [-0.2, -0.15) is 0 Å². The van der Waals surface area contributed by atoms with E-state index in [0.29, 0.717) is 29.7 Å². The Morgan fingerprint density at radius 3 is 2.56 bits per heavy atom. The van der Waals surface area contributed by atoms with Crippen LogP contribution in [0.1, 0.15) is 11.1 Å². The van der Waals surface area contributed by atoms with Crippen LogP contribution in [0.15, 0.2) is 89.9 Å². The first-order valence-electron chi connectivity index (χ1n) is 11.3. The number of hydrogen-bond donors (Lipinski definition) is 4. The van der Waals surface area contributed by atoms with Crippen LogP contribution in [0.4, 0.5) is 22.1 Å². The summed E-state index contributed by atoms with van der Waals surface area (Å²) in [6.07, 6.45) is 1.64. The van der Waals surface area contributed by atoms with Gasteiger partial charge in [-0.05, 0) is 48.9 Å². The number of pyridine rings is 1. The van der Waals surface area contributed by atoms with Gasteiger partial charge in [0.25, 0.3) is 5.56 Å². The number of rotatable bonds is 6. The van der Waals surface area contributed by atoms with Crippen LogP contribution >= 0.6 is 0 Å². The van der Waals surface area contributed by atoms with Gasteiger partial charge in [0.05, 0.1) is 11.4 Å². The highest BCUT2D eigenvalue weighted by atomic mass is 16.5. The van der Waals surface area contributed by atoms with Crippen molar-refractivity contribution in [2.75, 3.05) is 16.4 Å². The molecule has 0 radical (unpaired) electrons. The lowest BCUT2D eigenvalue weighted by Gasteiger charge is -2.15. The maximum atomic E-state index is 12.9. The van der Waals surface area contributed by atoms with E-state index in [4.69, 9.17) is 10.5 Å². The number of fused-ring (bicyclic) bond motifs is 1. The SMILES string of the molecule is Cc1ccc(-n2[nH]c(=O)cc2NC(=O)Nc2ccc(OCc3ccnc(N)c3)c3ccccc23)cc1. The number of anilines is 3. The molecule has 3 aromatic carbocycles. The van der Waals surface area contributed by atoms with Gasteiger partial charge in [-0.25, -0.2) is 14.5 Å². The summed E-state index contributed by atoms with van der Waals surface area (Å²) in [7, 11) is 0. The molecule has 0 unspecified atom stereocenters. The molecule has 5 N–H and O–H groups in total. The van der Waals surface area contributed by atoms with Gasteiger partial charge in [-0.3, -0.25) is 15.2 Å². The first-order chi connectivity index (χ1) is 17.5. The number of carbonyl (C=O) groups excluding carboxylic acids is 1. The lowest BCUT2D eigenvalue weighted by Crippen LogP contribution is -2.21. The number of aryl methyl sites for hydroxylation is 1. The Bertz CT molecular complexity index is 1600. The van der Waals surface area contributed by atoms with Crippen LogP contribution in [0.3, 0.4) is 0 Å². The fourth-order valence-electron chi connectivity index (χ4n) is 3.90. The Kier molecular flexibility index (Phi) is 6.10. The highest BCUT2D eigenvalue weighted by Gasteiger charge is 2.13. The Hall–Kier alpha value is -5.05. The summed E-state index contributed by atoms with van der Waals surface area (Å²) >= 11 is 0. The van der Waals surface area contributed by atoms with Crippen molar-refractivity contribution in [3.63, 3.8) is 0 Å². The molecule has 5 rings (SSSR count). The van der Waals surface area contributed by atoms with Crippen molar-refractivity contribution in [3.8, 4) is 11.4 Å². The van der Waals surface area contributed by atoms with Crippen LogP contribution in [-0.2, 0) is 6.61 Å². The third-order valence-corrected chi connectivity index (χ3v) is 5.64. The summed E-state index contributed by atoms with van der Waals surface area (Å²) in [5, 5.41) is 10.00. The Morgan fingerprint density at radius 2 is 1.78 bits per heavy atom. The van der Waals surface area contributed by atoms with Crippen LogP contribution in [0, 0.1) is 6.92 Å². The zero-order valence-corrected chi connectivity index (χ0v) is 19.5. The highest BCUT2D eigenvalue weighted by Crippen LogP contribution is 2.32. The molecule has 0 saturated heterocycles. The number of nitrogens with two attached hydrogens (primary N) is 1. The summed E-state index contributed by atoms with van der Waals surface area (Å²) in [6.45, 7) is 2.30. The van der Waals surface area contributed by atoms with Crippen molar-refractivity contribution in [2.24, 2.45) is 0 Å². The minimum Gasteiger partial charge on any atom is -0.488 e. The van der Waals surface area contributed by atoms with Crippen molar-refractivity contribution < 1.29 is 9.53 Å². The maximum Gasteiger partial charge on any atom is 0.324 e. The second-order valence-electron chi connectivity index (χ2n) is 8.29. The Labute approximate surface area is 206 Å². The van der Waals surface area contributed by atoms with Gasteiger partial charge < -0.3 is 15.8 Å². The second-order valence-corrected chi connectivity index (χ2v) is 8.29. The third-order valence-electron chi connectivity index (χ3n) is 5.64. The normalized spacial score (nSPS) is 10.8. The third kappa shape index (κ3) is 4.90. The molecule has 0 bridgehead atoms. The van der Waals surface area contributed by atoms with E-state index in [2.05, 4.69) is 20.7 Å². The van der Waals surface area contributed by atoms with Gasteiger partial charge in [0.1, 0.15) is 24.0 Å². The number of ether oxygens (including phenoxy) is 1. The molecule has 2 amide bonds. The van der Waals surface area contributed by atoms with Crippen molar-refractivity contribution in [2.45, 2.75) is 13.5 Å². The number of hydrogen-bond acceptors (Lipinski definition) is 5. The van der Waals surface area contributed by atoms with E-state index >= 15 is 0 Å². The highest BCUT2D eigenvalue weighted by molar-refractivity contribution is 6.07. The first kappa shape index (κ1) is 22.7. The zero-order chi connectivity index (χ0) is 25.1. The van der Waals surface area contributed by atoms with Gasteiger partial charge in [-0.15, -0.1) is 0 Å². The number of nitrogen functional groups attached to an aromatic ring is 1. The number of nitrogens with one attached hydrogen (secondary N) is 3. The summed E-state index contributed by atoms with van der Waals surface area (Å²) in [6, 6.07) is 23.2. The summed E-state index contributed by atoms with van der Waals surface area (Å²) < 4.78 is 7.57. The summed E-state index contributed by atoms with van der Waals surface area (Å²) in [5.74, 6) is 1.43. The van der Waals surface area contributed by atoms with Crippen LogP contribution in [0.25, 0.3) is 16.5 Å². The van der Waals surface area contributed by atoms with E-state index in [1.165, 1.54) is 10.7 Å². The molecular formula is C27H24N6O3.